The lowest BCUT2D eigenvalue weighted by Gasteiger charge is -2.21. The van der Waals surface area contributed by atoms with Crippen molar-refractivity contribution >= 4 is 23.5 Å². The van der Waals surface area contributed by atoms with Crippen LogP contribution in [0.3, 0.4) is 0 Å². The summed E-state index contributed by atoms with van der Waals surface area (Å²) in [7, 11) is 2.81. The summed E-state index contributed by atoms with van der Waals surface area (Å²) in [5.41, 5.74) is 0.260. The van der Waals surface area contributed by atoms with Crippen LogP contribution in [0.25, 0.3) is 0 Å². The van der Waals surface area contributed by atoms with E-state index in [-0.39, 0.29) is 29.5 Å². The lowest BCUT2D eigenvalue weighted by atomic mass is 10.1. The number of esters is 1. The second-order valence-electron chi connectivity index (χ2n) is 4.58. The number of amides is 1. The molecular formula is C14H17ClFNO3. The van der Waals surface area contributed by atoms with Gasteiger partial charge >= 0.3 is 5.97 Å². The Kier molecular flexibility index (Phi) is 5.95. The van der Waals surface area contributed by atoms with Gasteiger partial charge in [-0.2, -0.15) is 0 Å². The van der Waals surface area contributed by atoms with Crippen LogP contribution in [-0.4, -0.2) is 30.9 Å². The minimum absolute atomic E-state index is 0.00925. The predicted molar refractivity (Wildman–Crippen MR) is 73.7 cm³/mol. The monoisotopic (exact) mass is 301 g/mol. The van der Waals surface area contributed by atoms with Crippen molar-refractivity contribution in [2.24, 2.45) is 5.92 Å². The molecule has 1 amide bonds. The van der Waals surface area contributed by atoms with Crippen LogP contribution >= 0.6 is 11.6 Å². The first-order valence-corrected chi connectivity index (χ1v) is 6.49. The van der Waals surface area contributed by atoms with E-state index < -0.39 is 17.7 Å². The van der Waals surface area contributed by atoms with Crippen molar-refractivity contribution in [1.82, 2.24) is 4.90 Å². The Labute approximate surface area is 122 Å². The highest BCUT2D eigenvalue weighted by atomic mass is 35.5. The maximum absolute atomic E-state index is 13.6. The number of methoxy groups -OCH3 is 1. The molecule has 4 nitrogen and oxygen atoms in total. The molecule has 20 heavy (non-hydrogen) atoms. The Morgan fingerprint density at radius 3 is 2.65 bits per heavy atom. The van der Waals surface area contributed by atoms with Crippen molar-refractivity contribution in [1.29, 1.82) is 0 Å². The summed E-state index contributed by atoms with van der Waals surface area (Å²) >= 11 is 5.91. The molecule has 0 bridgehead atoms. The number of halogens is 2. The average Bonchev–Trinajstić information content (AvgIpc) is 2.41. The number of carbonyl (C=O) groups is 2. The molecule has 0 aliphatic carbocycles. The Bertz CT molecular complexity index is 487. The molecule has 0 heterocycles. The van der Waals surface area contributed by atoms with E-state index in [9.17, 15) is 14.0 Å². The van der Waals surface area contributed by atoms with Crippen LogP contribution in [0.1, 0.15) is 18.9 Å². The van der Waals surface area contributed by atoms with E-state index in [0.29, 0.717) is 0 Å². The molecule has 0 fully saturated rings. The van der Waals surface area contributed by atoms with E-state index in [1.807, 2.05) is 0 Å². The number of nitrogens with zero attached hydrogens (tertiary/aromatic N) is 1. The summed E-state index contributed by atoms with van der Waals surface area (Å²) in [4.78, 5) is 24.6. The van der Waals surface area contributed by atoms with Gasteiger partial charge in [-0.25, -0.2) is 4.39 Å². The molecule has 1 aromatic carbocycles. The molecule has 0 radical (unpaired) electrons. The fourth-order valence-electron chi connectivity index (χ4n) is 1.80. The molecule has 0 saturated heterocycles. The summed E-state index contributed by atoms with van der Waals surface area (Å²) in [6.45, 7) is 1.68. The minimum atomic E-state index is -0.530. The van der Waals surface area contributed by atoms with Crippen molar-refractivity contribution in [3.63, 3.8) is 0 Å². The fourth-order valence-corrected chi connectivity index (χ4v) is 2.02. The molecule has 6 heteroatoms. The molecule has 110 valence electrons. The lowest BCUT2D eigenvalue weighted by Crippen LogP contribution is -2.32. The fraction of sp³-hybridized carbons (Fsp3) is 0.429. The summed E-state index contributed by atoms with van der Waals surface area (Å²) in [5, 5.41) is 0.269. The zero-order chi connectivity index (χ0) is 15.3. The number of carbonyl (C=O) groups excluding carboxylic acids is 2. The van der Waals surface area contributed by atoms with Crippen molar-refractivity contribution in [2.75, 3.05) is 14.2 Å². The van der Waals surface area contributed by atoms with Crippen LogP contribution in [0.5, 0.6) is 0 Å². The molecule has 0 unspecified atom stereocenters. The van der Waals surface area contributed by atoms with Crippen LogP contribution in [0.4, 0.5) is 4.39 Å². The highest BCUT2D eigenvalue weighted by molar-refractivity contribution is 6.31. The third kappa shape index (κ3) is 4.20. The zero-order valence-corrected chi connectivity index (χ0v) is 12.4. The second-order valence-corrected chi connectivity index (χ2v) is 4.98. The van der Waals surface area contributed by atoms with Gasteiger partial charge in [0.1, 0.15) is 5.82 Å². The third-order valence-electron chi connectivity index (χ3n) is 2.96. The Balaban J connectivity index is 2.73. The first-order chi connectivity index (χ1) is 9.36. The molecule has 0 aromatic heterocycles. The Morgan fingerprint density at radius 2 is 2.10 bits per heavy atom. The van der Waals surface area contributed by atoms with Crippen LogP contribution in [0.15, 0.2) is 18.2 Å². The smallest absolute Gasteiger partial charge is 0.306 e. The van der Waals surface area contributed by atoms with Gasteiger partial charge in [0.05, 0.1) is 13.5 Å². The SMILES string of the molecule is COC(=O)C[C@@H](C)C(=O)N(C)Cc1c(F)cccc1Cl. The molecule has 0 aliphatic heterocycles. The van der Waals surface area contributed by atoms with Crippen molar-refractivity contribution in [3.05, 3.63) is 34.6 Å². The minimum Gasteiger partial charge on any atom is -0.469 e. The number of benzene rings is 1. The maximum Gasteiger partial charge on any atom is 0.306 e. The number of hydrogen-bond donors (Lipinski definition) is 0. The maximum atomic E-state index is 13.6. The van der Waals surface area contributed by atoms with Gasteiger partial charge in [0.25, 0.3) is 0 Å². The molecule has 1 rings (SSSR count). The van der Waals surface area contributed by atoms with Gasteiger partial charge in [-0.15, -0.1) is 0 Å². The van der Waals surface area contributed by atoms with Crippen LogP contribution in [-0.2, 0) is 20.9 Å². The summed E-state index contributed by atoms with van der Waals surface area (Å²) in [6, 6.07) is 4.36. The van der Waals surface area contributed by atoms with Crippen LogP contribution < -0.4 is 0 Å². The molecule has 0 saturated carbocycles. The normalized spacial score (nSPS) is 11.8. The summed E-state index contributed by atoms with van der Waals surface area (Å²) in [5.74, 6) is -1.71. The highest BCUT2D eigenvalue weighted by Gasteiger charge is 2.22. The number of rotatable bonds is 5. The average molecular weight is 302 g/mol. The van der Waals surface area contributed by atoms with Crippen molar-refractivity contribution < 1.29 is 18.7 Å². The van der Waals surface area contributed by atoms with Gasteiger partial charge in [-0.1, -0.05) is 24.6 Å². The molecule has 0 N–H and O–H groups in total. The van der Waals surface area contributed by atoms with Crippen molar-refractivity contribution in [3.8, 4) is 0 Å². The molecule has 0 aliphatic rings. The first kappa shape index (κ1) is 16.4. The van der Waals surface area contributed by atoms with Gasteiger partial charge in [0.2, 0.25) is 5.91 Å². The van der Waals surface area contributed by atoms with E-state index in [0.717, 1.165) is 0 Å². The van der Waals surface area contributed by atoms with Crippen LogP contribution in [0, 0.1) is 11.7 Å². The Morgan fingerprint density at radius 1 is 1.45 bits per heavy atom. The van der Waals surface area contributed by atoms with Crippen LogP contribution in [0.2, 0.25) is 5.02 Å². The van der Waals surface area contributed by atoms with E-state index >= 15 is 0 Å². The van der Waals surface area contributed by atoms with Gasteiger partial charge < -0.3 is 9.64 Å². The van der Waals surface area contributed by atoms with E-state index in [1.54, 1.807) is 20.0 Å². The molecular weight excluding hydrogens is 285 g/mol. The summed E-state index contributed by atoms with van der Waals surface area (Å²) in [6.07, 6.45) is -0.00925. The predicted octanol–water partition coefficient (Wildman–Crippen LogP) is 2.64. The van der Waals surface area contributed by atoms with Gasteiger partial charge in [0.15, 0.2) is 0 Å². The van der Waals surface area contributed by atoms with Crippen molar-refractivity contribution in [2.45, 2.75) is 19.9 Å². The lowest BCUT2D eigenvalue weighted by molar-refractivity contribution is -0.146. The molecule has 1 atom stereocenters. The number of hydrogen-bond acceptors (Lipinski definition) is 3. The van der Waals surface area contributed by atoms with E-state index in [1.165, 1.54) is 24.1 Å². The first-order valence-electron chi connectivity index (χ1n) is 6.11. The number of ether oxygens (including phenoxy) is 1. The quantitative estimate of drug-likeness (QED) is 0.786. The van der Waals surface area contributed by atoms with Gasteiger partial charge in [0, 0.05) is 30.1 Å². The van der Waals surface area contributed by atoms with E-state index in [2.05, 4.69) is 4.74 Å². The molecule has 0 spiro atoms. The third-order valence-corrected chi connectivity index (χ3v) is 3.31. The second kappa shape index (κ2) is 7.24. The Hall–Kier alpha value is -1.62. The molecule has 1 aromatic rings. The van der Waals surface area contributed by atoms with Gasteiger partial charge in [-0.3, -0.25) is 9.59 Å². The van der Waals surface area contributed by atoms with E-state index in [4.69, 9.17) is 11.6 Å². The van der Waals surface area contributed by atoms with Gasteiger partial charge in [-0.05, 0) is 12.1 Å². The summed E-state index contributed by atoms with van der Waals surface area (Å²) < 4.78 is 18.2. The largest absolute Gasteiger partial charge is 0.469 e. The zero-order valence-electron chi connectivity index (χ0n) is 11.7. The topological polar surface area (TPSA) is 46.6 Å². The standard InChI is InChI=1S/C14H17ClFNO3/c1-9(7-13(18)20-3)14(19)17(2)8-10-11(15)5-4-6-12(10)16/h4-6,9H,7-8H2,1-3H3/t9-/m1/s1. The highest BCUT2D eigenvalue weighted by Crippen LogP contribution is 2.21.